The van der Waals surface area contributed by atoms with E-state index in [4.69, 9.17) is 16.3 Å². The molecule has 3 aromatic rings. The molecule has 34 heavy (non-hydrogen) atoms. The number of nitrogens with zero attached hydrogens (tertiary/aromatic N) is 5. The highest BCUT2D eigenvalue weighted by Gasteiger charge is 2.23. The Balaban J connectivity index is 1.57. The zero-order chi connectivity index (χ0) is 24.0. The molecule has 3 heterocycles. The molecule has 0 saturated heterocycles. The molecule has 0 saturated carbocycles. The second-order valence-corrected chi connectivity index (χ2v) is 8.45. The topological polar surface area (TPSA) is 57.8 Å². The van der Waals surface area contributed by atoms with Gasteiger partial charge in [0.2, 0.25) is 0 Å². The first kappa shape index (κ1) is 22.0. The Labute approximate surface area is 199 Å². The minimum absolute atomic E-state index is 0.359. The van der Waals surface area contributed by atoms with Crippen LogP contribution in [0.1, 0.15) is 24.2 Å². The average Bonchev–Trinajstić information content (AvgIpc) is 3.45. The molecule has 0 aliphatic carbocycles. The Hall–Kier alpha value is -3.78. The molecule has 172 valence electrons. The van der Waals surface area contributed by atoms with E-state index in [2.05, 4.69) is 15.2 Å². The minimum Gasteiger partial charge on any atom is -0.495 e. The fourth-order valence-corrected chi connectivity index (χ4v) is 4.25. The lowest BCUT2D eigenvalue weighted by Gasteiger charge is -2.20. The van der Waals surface area contributed by atoms with Crippen molar-refractivity contribution in [2.45, 2.75) is 19.9 Å². The fraction of sp³-hybridized carbons (Fsp3) is 0.160. The van der Waals surface area contributed by atoms with E-state index in [9.17, 15) is 8.78 Å². The number of aryl methyl sites for hydroxylation is 1. The fourth-order valence-electron chi connectivity index (χ4n) is 4.04. The summed E-state index contributed by atoms with van der Waals surface area (Å²) in [6, 6.07) is 11.0. The number of imidazole rings is 1. The van der Waals surface area contributed by atoms with Gasteiger partial charge in [-0.3, -0.25) is 0 Å². The summed E-state index contributed by atoms with van der Waals surface area (Å²) in [5.41, 5.74) is 4.49. The van der Waals surface area contributed by atoms with Gasteiger partial charge in [-0.2, -0.15) is 0 Å². The molecule has 2 aromatic carbocycles. The number of methoxy groups -OCH3 is 1. The molecule has 0 bridgehead atoms. The molecule has 9 heteroatoms. The van der Waals surface area contributed by atoms with Crippen LogP contribution in [0.15, 0.2) is 61.2 Å². The number of hydrogen-bond acceptors (Lipinski definition) is 4. The highest BCUT2D eigenvalue weighted by atomic mass is 35.5. The van der Waals surface area contributed by atoms with Gasteiger partial charge in [-0.25, -0.2) is 13.8 Å². The first-order chi connectivity index (χ1) is 16.4. The standard InChI is InChI=1S/C25H20ClF2N5O/c1-14-11-32(13-29-14)22-7-5-17(9-23(22)34-3)24-19-10-18(26)12-33(25(19)31-30-24)15(2)16-4-6-20(27)21(28)8-16/h4-13,15H,1-3H3/t15-/m1/s1. The van der Waals surface area contributed by atoms with Crippen molar-refractivity contribution >= 4 is 11.6 Å². The number of pyridine rings is 1. The van der Waals surface area contributed by atoms with Crippen LogP contribution >= 0.6 is 11.6 Å². The van der Waals surface area contributed by atoms with Crippen molar-refractivity contribution in [2.24, 2.45) is 0 Å². The number of fused-ring (bicyclic) bond motifs is 1. The maximum atomic E-state index is 13.8. The highest BCUT2D eigenvalue weighted by molar-refractivity contribution is 6.30. The second-order valence-electron chi connectivity index (χ2n) is 8.01. The van der Waals surface area contributed by atoms with E-state index in [0.717, 1.165) is 28.6 Å². The van der Waals surface area contributed by atoms with Crippen molar-refractivity contribution in [3.05, 3.63) is 89.1 Å². The molecule has 0 radical (unpaired) electrons. The van der Waals surface area contributed by atoms with Gasteiger partial charge in [-0.15, -0.1) is 10.2 Å². The Morgan fingerprint density at radius 2 is 1.82 bits per heavy atom. The minimum atomic E-state index is -0.905. The van der Waals surface area contributed by atoms with Gasteiger partial charge in [0.1, 0.15) is 11.4 Å². The van der Waals surface area contributed by atoms with Crippen LogP contribution in [0.25, 0.3) is 28.3 Å². The maximum Gasteiger partial charge on any atom is 0.165 e. The number of halogens is 3. The van der Waals surface area contributed by atoms with Crippen molar-refractivity contribution in [3.8, 4) is 34.1 Å². The molecule has 0 fully saturated rings. The van der Waals surface area contributed by atoms with Gasteiger partial charge in [0.15, 0.2) is 17.5 Å². The lowest BCUT2D eigenvalue weighted by atomic mass is 10.0. The van der Waals surface area contributed by atoms with Gasteiger partial charge in [0.05, 0.1) is 35.9 Å². The van der Waals surface area contributed by atoms with Crippen molar-refractivity contribution in [2.75, 3.05) is 7.11 Å². The Kier molecular flexibility index (Phi) is 5.53. The van der Waals surface area contributed by atoms with E-state index in [1.807, 2.05) is 42.8 Å². The second kappa shape index (κ2) is 8.53. The van der Waals surface area contributed by atoms with E-state index in [1.165, 1.54) is 6.07 Å². The third kappa shape index (κ3) is 3.80. The van der Waals surface area contributed by atoms with E-state index >= 15 is 0 Å². The quantitative estimate of drug-likeness (QED) is 0.306. The van der Waals surface area contributed by atoms with Crippen LogP contribution in [0.4, 0.5) is 8.78 Å². The van der Waals surface area contributed by atoms with E-state index in [-0.39, 0.29) is 6.04 Å². The van der Waals surface area contributed by atoms with Crippen LogP contribution in [0.5, 0.6) is 5.75 Å². The summed E-state index contributed by atoms with van der Waals surface area (Å²) in [7, 11) is 1.61. The zero-order valence-electron chi connectivity index (χ0n) is 18.6. The molecule has 0 amide bonds. The monoisotopic (exact) mass is 479 g/mol. The van der Waals surface area contributed by atoms with Crippen LogP contribution in [0.3, 0.4) is 0 Å². The molecule has 1 aromatic heterocycles. The summed E-state index contributed by atoms with van der Waals surface area (Å²) in [4.78, 5) is 4.28. The van der Waals surface area contributed by atoms with Crippen molar-refractivity contribution < 1.29 is 13.5 Å². The predicted molar refractivity (Wildman–Crippen MR) is 126 cm³/mol. The molecular weight excluding hydrogens is 460 g/mol. The van der Waals surface area contributed by atoms with Crippen molar-refractivity contribution in [3.63, 3.8) is 0 Å². The average molecular weight is 480 g/mol. The Morgan fingerprint density at radius 1 is 1.00 bits per heavy atom. The number of aromatic nitrogens is 5. The van der Waals surface area contributed by atoms with Gasteiger partial charge in [0, 0.05) is 23.5 Å². The number of ether oxygens (including phenoxy) is 1. The lowest BCUT2D eigenvalue weighted by Crippen LogP contribution is -2.11. The summed E-state index contributed by atoms with van der Waals surface area (Å²) in [5, 5.41) is 9.28. The number of benzene rings is 2. The van der Waals surface area contributed by atoms with Crippen LogP contribution in [-0.2, 0) is 0 Å². The normalized spacial score (nSPS) is 12.3. The van der Waals surface area contributed by atoms with Crippen LogP contribution in [-0.4, -0.2) is 31.4 Å². The molecule has 0 unspecified atom stereocenters. The molecule has 6 nitrogen and oxygen atoms in total. The summed E-state index contributed by atoms with van der Waals surface area (Å²) in [5.74, 6) is -0.574. The van der Waals surface area contributed by atoms with Gasteiger partial charge >= 0.3 is 0 Å². The number of rotatable bonds is 5. The first-order valence-corrected chi connectivity index (χ1v) is 10.9. The SMILES string of the molecule is COc1cc(-c2nnc3n([C@H](C)c4ccc(F)c(F)c4)cc(Cl)cc2-3)ccc1-n1cnc(C)c1. The predicted octanol–water partition coefficient (Wildman–Crippen LogP) is 6.09. The Bertz CT molecular complexity index is 1480. The maximum absolute atomic E-state index is 13.8. The van der Waals surface area contributed by atoms with Gasteiger partial charge in [0.25, 0.3) is 0 Å². The molecule has 1 atom stereocenters. The summed E-state index contributed by atoms with van der Waals surface area (Å²) in [6.45, 7) is 3.78. The molecule has 0 N–H and O–H groups in total. The zero-order valence-corrected chi connectivity index (χ0v) is 19.4. The van der Waals surface area contributed by atoms with Gasteiger partial charge in [-0.05, 0) is 49.7 Å². The summed E-state index contributed by atoms with van der Waals surface area (Å²) in [6.07, 6.45) is 5.35. The van der Waals surface area contributed by atoms with Crippen LogP contribution in [0.2, 0.25) is 5.02 Å². The van der Waals surface area contributed by atoms with Crippen molar-refractivity contribution in [1.82, 2.24) is 24.3 Å². The van der Waals surface area contributed by atoms with Crippen LogP contribution in [0, 0.1) is 18.6 Å². The van der Waals surface area contributed by atoms with E-state index in [1.54, 1.807) is 36.3 Å². The molecule has 5 rings (SSSR count). The molecule has 2 aliphatic rings. The smallest absolute Gasteiger partial charge is 0.165 e. The molecule has 2 aliphatic heterocycles. The third-order valence-electron chi connectivity index (χ3n) is 5.82. The molecular formula is C25H20ClF2N5O. The first-order valence-electron chi connectivity index (χ1n) is 10.5. The van der Waals surface area contributed by atoms with Gasteiger partial charge in [-0.1, -0.05) is 23.7 Å². The van der Waals surface area contributed by atoms with Crippen molar-refractivity contribution in [1.29, 1.82) is 0 Å². The van der Waals surface area contributed by atoms with E-state index in [0.29, 0.717) is 27.9 Å². The lowest BCUT2D eigenvalue weighted by molar-refractivity contribution is 0.413. The van der Waals surface area contributed by atoms with E-state index < -0.39 is 11.6 Å². The summed E-state index contributed by atoms with van der Waals surface area (Å²) < 4.78 is 36.6. The summed E-state index contributed by atoms with van der Waals surface area (Å²) >= 11 is 6.45. The number of hydrogen-bond donors (Lipinski definition) is 0. The molecule has 0 spiro atoms. The van der Waals surface area contributed by atoms with Gasteiger partial charge < -0.3 is 13.9 Å². The third-order valence-corrected chi connectivity index (χ3v) is 6.02. The highest BCUT2D eigenvalue weighted by Crippen LogP contribution is 2.38. The largest absolute Gasteiger partial charge is 0.495 e. The van der Waals surface area contributed by atoms with Crippen LogP contribution < -0.4 is 4.74 Å². The Morgan fingerprint density at radius 3 is 2.53 bits per heavy atom.